The van der Waals surface area contributed by atoms with Crippen molar-refractivity contribution >= 4 is 12.6 Å². The first-order valence-electron chi connectivity index (χ1n) is 7.91. The van der Waals surface area contributed by atoms with Crippen molar-refractivity contribution in [3.8, 4) is 5.75 Å². The lowest BCUT2D eigenvalue weighted by Gasteiger charge is -2.32. The van der Waals surface area contributed by atoms with Gasteiger partial charge in [0, 0.05) is 12.4 Å². The lowest BCUT2D eigenvalue weighted by Crippen LogP contribution is -2.41. The Bertz CT molecular complexity index is 622. The van der Waals surface area contributed by atoms with Crippen LogP contribution in [0.25, 0.3) is 0 Å². The van der Waals surface area contributed by atoms with E-state index in [2.05, 4.69) is 32.7 Å². The maximum Gasteiger partial charge on any atom is 0.494 e. The first kappa shape index (κ1) is 16.1. The van der Waals surface area contributed by atoms with Crippen LogP contribution in [0.2, 0.25) is 0 Å². The summed E-state index contributed by atoms with van der Waals surface area (Å²) in [6, 6.07) is 7.89. The van der Waals surface area contributed by atoms with Gasteiger partial charge in [-0.1, -0.05) is 12.1 Å². The molecule has 1 aliphatic heterocycles. The Labute approximate surface area is 137 Å². The second kappa shape index (κ2) is 6.02. The van der Waals surface area contributed by atoms with E-state index in [1.165, 1.54) is 0 Å². The number of nitrogens with zero attached hydrogens (tertiary/aromatic N) is 2. The van der Waals surface area contributed by atoms with Crippen molar-refractivity contribution in [2.75, 3.05) is 6.61 Å². The Morgan fingerprint density at radius 2 is 1.74 bits per heavy atom. The molecule has 0 aliphatic carbocycles. The third kappa shape index (κ3) is 3.43. The minimum Gasteiger partial charge on any atom is -0.492 e. The molecule has 2 heterocycles. The molecule has 0 unspecified atom stereocenters. The van der Waals surface area contributed by atoms with Crippen molar-refractivity contribution in [3.63, 3.8) is 0 Å². The van der Waals surface area contributed by atoms with Gasteiger partial charge in [-0.25, -0.2) is 4.98 Å². The van der Waals surface area contributed by atoms with Gasteiger partial charge in [0.2, 0.25) is 0 Å². The molecule has 0 atom stereocenters. The lowest BCUT2D eigenvalue weighted by molar-refractivity contribution is 0.00578. The quantitative estimate of drug-likeness (QED) is 0.794. The standard InChI is InChI=1S/C17H23BN2O3/c1-16(2)17(3,4)23-18(22-16)14-5-7-15(8-6-14)21-12-11-20-10-9-19-13-20/h5-10,13H,11-12H2,1-4H3. The van der Waals surface area contributed by atoms with Gasteiger partial charge >= 0.3 is 7.12 Å². The van der Waals surface area contributed by atoms with Crippen LogP contribution in [-0.4, -0.2) is 34.5 Å². The van der Waals surface area contributed by atoms with Crippen LogP contribution in [0.3, 0.4) is 0 Å². The SMILES string of the molecule is CC1(C)OB(c2ccc(OCCn3ccnc3)cc2)OC1(C)C. The molecule has 0 radical (unpaired) electrons. The van der Waals surface area contributed by atoms with Gasteiger partial charge in [0.15, 0.2) is 0 Å². The molecule has 122 valence electrons. The molecule has 2 aromatic rings. The number of aromatic nitrogens is 2. The number of ether oxygens (including phenoxy) is 1. The van der Waals surface area contributed by atoms with E-state index >= 15 is 0 Å². The first-order chi connectivity index (χ1) is 10.9. The second-order valence-electron chi connectivity index (χ2n) is 6.81. The highest BCUT2D eigenvalue weighted by Crippen LogP contribution is 2.36. The summed E-state index contributed by atoms with van der Waals surface area (Å²) < 4.78 is 19.8. The summed E-state index contributed by atoms with van der Waals surface area (Å²) in [6.45, 7) is 9.60. The molecule has 23 heavy (non-hydrogen) atoms. The molecule has 0 amide bonds. The minimum atomic E-state index is -0.333. The van der Waals surface area contributed by atoms with E-state index in [0.717, 1.165) is 17.8 Å². The van der Waals surface area contributed by atoms with Crippen LogP contribution in [-0.2, 0) is 15.9 Å². The fourth-order valence-corrected chi connectivity index (χ4v) is 2.39. The maximum atomic E-state index is 6.05. The van der Waals surface area contributed by atoms with E-state index < -0.39 is 0 Å². The van der Waals surface area contributed by atoms with Crippen LogP contribution in [0.15, 0.2) is 43.0 Å². The molecule has 0 saturated carbocycles. The lowest BCUT2D eigenvalue weighted by atomic mass is 9.79. The van der Waals surface area contributed by atoms with Crippen molar-refractivity contribution in [3.05, 3.63) is 43.0 Å². The summed E-state index contributed by atoms with van der Waals surface area (Å²) >= 11 is 0. The van der Waals surface area contributed by atoms with E-state index in [1.54, 1.807) is 12.5 Å². The Kier molecular flexibility index (Phi) is 4.21. The van der Waals surface area contributed by atoms with Crippen LogP contribution in [0.5, 0.6) is 5.75 Å². The molecular formula is C17H23BN2O3. The van der Waals surface area contributed by atoms with Gasteiger partial charge in [-0.15, -0.1) is 0 Å². The van der Waals surface area contributed by atoms with Crippen LogP contribution >= 0.6 is 0 Å². The topological polar surface area (TPSA) is 45.5 Å². The Hall–Kier alpha value is -1.79. The second-order valence-corrected chi connectivity index (χ2v) is 6.81. The van der Waals surface area contributed by atoms with E-state index in [-0.39, 0.29) is 18.3 Å². The fourth-order valence-electron chi connectivity index (χ4n) is 2.39. The average Bonchev–Trinajstić information content (AvgIpc) is 3.06. The zero-order chi connectivity index (χ0) is 16.5. The molecule has 0 bridgehead atoms. The third-order valence-electron chi connectivity index (χ3n) is 4.58. The molecule has 1 aromatic heterocycles. The Morgan fingerprint density at radius 1 is 1.09 bits per heavy atom. The van der Waals surface area contributed by atoms with Gasteiger partial charge in [0.05, 0.1) is 24.1 Å². The predicted octanol–water partition coefficient (Wildman–Crippen LogP) is 2.26. The molecule has 1 fully saturated rings. The summed E-state index contributed by atoms with van der Waals surface area (Å²) in [5.74, 6) is 0.838. The molecule has 3 rings (SSSR count). The predicted molar refractivity (Wildman–Crippen MR) is 89.9 cm³/mol. The summed E-state index contributed by atoms with van der Waals surface area (Å²) in [5.41, 5.74) is 0.362. The zero-order valence-electron chi connectivity index (χ0n) is 14.2. The first-order valence-corrected chi connectivity index (χ1v) is 7.91. The monoisotopic (exact) mass is 314 g/mol. The summed E-state index contributed by atoms with van der Waals surface area (Å²) in [5, 5.41) is 0. The molecule has 0 N–H and O–H groups in total. The van der Waals surface area contributed by atoms with Crippen molar-refractivity contribution < 1.29 is 14.0 Å². The maximum absolute atomic E-state index is 6.05. The third-order valence-corrected chi connectivity index (χ3v) is 4.58. The molecule has 1 saturated heterocycles. The van der Waals surface area contributed by atoms with Crippen LogP contribution in [0.1, 0.15) is 27.7 Å². The van der Waals surface area contributed by atoms with Gasteiger partial charge < -0.3 is 18.6 Å². The molecule has 6 heteroatoms. The number of benzene rings is 1. The highest BCUT2D eigenvalue weighted by Gasteiger charge is 2.51. The number of rotatable bonds is 5. The number of hydrogen-bond donors (Lipinski definition) is 0. The van der Waals surface area contributed by atoms with Crippen LogP contribution < -0.4 is 10.2 Å². The van der Waals surface area contributed by atoms with Gasteiger partial charge in [-0.2, -0.15) is 0 Å². The van der Waals surface area contributed by atoms with E-state index in [0.29, 0.717) is 6.61 Å². The Balaban J connectivity index is 1.57. The van der Waals surface area contributed by atoms with Crippen molar-refractivity contribution in [2.45, 2.75) is 45.4 Å². The largest absolute Gasteiger partial charge is 0.494 e. The van der Waals surface area contributed by atoms with E-state index in [4.69, 9.17) is 14.0 Å². The highest BCUT2D eigenvalue weighted by atomic mass is 16.7. The van der Waals surface area contributed by atoms with Crippen molar-refractivity contribution in [1.82, 2.24) is 9.55 Å². The number of imidazole rings is 1. The summed E-state index contributed by atoms with van der Waals surface area (Å²) in [7, 11) is -0.333. The Morgan fingerprint density at radius 3 is 2.30 bits per heavy atom. The fraction of sp³-hybridized carbons (Fsp3) is 0.471. The van der Waals surface area contributed by atoms with E-state index in [1.807, 2.05) is 35.0 Å². The zero-order valence-corrected chi connectivity index (χ0v) is 14.2. The normalized spacial score (nSPS) is 19.0. The van der Waals surface area contributed by atoms with E-state index in [9.17, 15) is 0 Å². The summed E-state index contributed by atoms with van der Waals surface area (Å²) in [4.78, 5) is 4.01. The van der Waals surface area contributed by atoms with Crippen molar-refractivity contribution in [2.24, 2.45) is 0 Å². The highest BCUT2D eigenvalue weighted by molar-refractivity contribution is 6.62. The van der Waals surface area contributed by atoms with Gasteiger partial charge in [-0.05, 0) is 45.3 Å². The van der Waals surface area contributed by atoms with Crippen molar-refractivity contribution in [1.29, 1.82) is 0 Å². The van der Waals surface area contributed by atoms with Crippen LogP contribution in [0.4, 0.5) is 0 Å². The summed E-state index contributed by atoms with van der Waals surface area (Å²) in [6.07, 6.45) is 5.47. The molecule has 1 aliphatic rings. The van der Waals surface area contributed by atoms with Gasteiger partial charge in [0.25, 0.3) is 0 Å². The molecule has 5 nitrogen and oxygen atoms in total. The molecule has 1 aromatic carbocycles. The van der Waals surface area contributed by atoms with Gasteiger partial charge in [0.1, 0.15) is 12.4 Å². The smallest absolute Gasteiger partial charge is 0.492 e. The minimum absolute atomic E-state index is 0.322. The molecular weight excluding hydrogens is 291 g/mol. The van der Waals surface area contributed by atoms with Gasteiger partial charge in [-0.3, -0.25) is 0 Å². The molecule has 0 spiro atoms. The van der Waals surface area contributed by atoms with Crippen LogP contribution in [0, 0.1) is 0 Å². The average molecular weight is 314 g/mol. The number of hydrogen-bond acceptors (Lipinski definition) is 4.